The van der Waals surface area contributed by atoms with Crippen LogP contribution in [0, 0.1) is 0 Å². The van der Waals surface area contributed by atoms with Crippen molar-refractivity contribution in [2.45, 2.75) is 32.6 Å². The van der Waals surface area contributed by atoms with Gasteiger partial charge in [-0.05, 0) is 30.7 Å². The first-order valence-corrected chi connectivity index (χ1v) is 8.97. The molecule has 1 N–H and O–H groups in total. The molecule has 0 aliphatic carbocycles. The number of rotatable bonds is 10. The Kier molecular flexibility index (Phi) is 8.13. The third-order valence-electron chi connectivity index (χ3n) is 3.59. The molecular formula is C20H24ClNO3. The molecule has 0 radical (unpaired) electrons. The van der Waals surface area contributed by atoms with Crippen LogP contribution in [0.2, 0.25) is 5.02 Å². The van der Waals surface area contributed by atoms with Gasteiger partial charge in [0.25, 0.3) is 5.91 Å². The number of para-hydroxylation sites is 1. The van der Waals surface area contributed by atoms with E-state index in [4.69, 9.17) is 21.1 Å². The molecule has 0 unspecified atom stereocenters. The molecule has 0 aliphatic rings. The minimum absolute atomic E-state index is 0.0921. The van der Waals surface area contributed by atoms with Gasteiger partial charge in [-0.25, -0.2) is 0 Å². The van der Waals surface area contributed by atoms with Crippen molar-refractivity contribution in [2.24, 2.45) is 0 Å². The van der Waals surface area contributed by atoms with E-state index in [0.717, 1.165) is 12.2 Å². The van der Waals surface area contributed by atoms with Gasteiger partial charge in [-0.1, -0.05) is 56.0 Å². The Morgan fingerprint density at radius 1 is 1.00 bits per heavy atom. The molecule has 0 aromatic heterocycles. The number of carbonyl (C=O) groups excluding carboxylic acids is 1. The highest BCUT2D eigenvalue weighted by Crippen LogP contribution is 2.21. The van der Waals surface area contributed by atoms with Crippen molar-refractivity contribution in [3.63, 3.8) is 0 Å². The summed E-state index contributed by atoms with van der Waals surface area (Å²) in [6.45, 7) is 2.78. The zero-order chi connectivity index (χ0) is 17.9. The van der Waals surface area contributed by atoms with Crippen molar-refractivity contribution in [3.8, 4) is 11.5 Å². The highest BCUT2D eigenvalue weighted by molar-refractivity contribution is 6.33. The predicted molar refractivity (Wildman–Crippen MR) is 102 cm³/mol. The number of hydrogen-bond acceptors (Lipinski definition) is 3. The van der Waals surface area contributed by atoms with Crippen LogP contribution in [-0.4, -0.2) is 19.1 Å². The number of ether oxygens (including phenoxy) is 2. The monoisotopic (exact) mass is 361 g/mol. The summed E-state index contributed by atoms with van der Waals surface area (Å²) in [4.78, 5) is 12.0. The van der Waals surface area contributed by atoms with E-state index in [-0.39, 0.29) is 12.5 Å². The average molecular weight is 362 g/mol. The fourth-order valence-corrected chi connectivity index (χ4v) is 2.45. The number of nitrogens with one attached hydrogen (secondary N) is 1. The normalized spacial score (nSPS) is 10.3. The van der Waals surface area contributed by atoms with Gasteiger partial charge < -0.3 is 14.8 Å². The molecule has 134 valence electrons. The van der Waals surface area contributed by atoms with Crippen molar-refractivity contribution in [2.75, 3.05) is 18.5 Å². The number of hydrogen-bond donors (Lipinski definition) is 1. The Morgan fingerprint density at radius 3 is 2.52 bits per heavy atom. The number of anilines is 1. The van der Waals surface area contributed by atoms with E-state index in [1.165, 1.54) is 19.3 Å². The second kappa shape index (κ2) is 10.6. The maximum atomic E-state index is 12.0. The highest BCUT2D eigenvalue weighted by atomic mass is 35.5. The Morgan fingerprint density at radius 2 is 1.76 bits per heavy atom. The quantitative estimate of drug-likeness (QED) is 0.583. The lowest BCUT2D eigenvalue weighted by molar-refractivity contribution is -0.118. The summed E-state index contributed by atoms with van der Waals surface area (Å²) in [5.41, 5.74) is 0.571. The number of unbranched alkanes of at least 4 members (excludes halogenated alkanes) is 3. The summed E-state index contributed by atoms with van der Waals surface area (Å²) in [6.07, 6.45) is 4.65. The summed E-state index contributed by atoms with van der Waals surface area (Å²) >= 11 is 6.01. The van der Waals surface area contributed by atoms with Crippen LogP contribution < -0.4 is 14.8 Å². The highest BCUT2D eigenvalue weighted by Gasteiger charge is 2.07. The number of halogens is 1. The minimum Gasteiger partial charge on any atom is -0.493 e. The average Bonchev–Trinajstić information content (AvgIpc) is 2.62. The largest absolute Gasteiger partial charge is 0.493 e. The molecule has 2 aromatic carbocycles. The van der Waals surface area contributed by atoms with Crippen LogP contribution in [0.25, 0.3) is 0 Å². The van der Waals surface area contributed by atoms with Crippen molar-refractivity contribution < 1.29 is 14.3 Å². The SMILES string of the molecule is CCCCCCOc1cccc(OCC(=O)Nc2ccccc2Cl)c1. The van der Waals surface area contributed by atoms with E-state index in [1.807, 2.05) is 24.3 Å². The molecule has 4 nitrogen and oxygen atoms in total. The third-order valence-corrected chi connectivity index (χ3v) is 3.92. The Balaban J connectivity index is 1.77. The van der Waals surface area contributed by atoms with Crippen molar-refractivity contribution in [3.05, 3.63) is 53.6 Å². The summed E-state index contributed by atoms with van der Waals surface area (Å²) in [6, 6.07) is 14.4. The lowest BCUT2D eigenvalue weighted by Gasteiger charge is -2.10. The molecule has 5 heteroatoms. The van der Waals surface area contributed by atoms with Crippen LogP contribution in [-0.2, 0) is 4.79 Å². The topological polar surface area (TPSA) is 47.6 Å². The van der Waals surface area contributed by atoms with Gasteiger partial charge in [-0.2, -0.15) is 0 Å². The molecule has 1 amide bonds. The van der Waals surface area contributed by atoms with Gasteiger partial charge in [0.1, 0.15) is 11.5 Å². The van der Waals surface area contributed by atoms with E-state index in [0.29, 0.717) is 23.1 Å². The standard InChI is InChI=1S/C20H24ClNO3/c1-2-3-4-7-13-24-16-9-8-10-17(14-16)25-15-20(23)22-19-12-6-5-11-18(19)21/h5-6,8-12,14H,2-4,7,13,15H2,1H3,(H,22,23). The number of benzene rings is 2. The van der Waals surface area contributed by atoms with Crippen molar-refractivity contribution in [1.82, 2.24) is 0 Å². The molecule has 0 spiro atoms. The summed E-state index contributed by atoms with van der Waals surface area (Å²) in [5, 5.41) is 3.22. The van der Waals surface area contributed by atoms with Crippen LogP contribution in [0.4, 0.5) is 5.69 Å². The fourth-order valence-electron chi connectivity index (χ4n) is 2.27. The van der Waals surface area contributed by atoms with E-state index < -0.39 is 0 Å². The molecule has 2 rings (SSSR count). The lowest BCUT2D eigenvalue weighted by atomic mass is 10.2. The lowest BCUT2D eigenvalue weighted by Crippen LogP contribution is -2.20. The third kappa shape index (κ3) is 7.06. The molecule has 0 fully saturated rings. The van der Waals surface area contributed by atoms with Gasteiger partial charge in [0.15, 0.2) is 6.61 Å². The summed E-state index contributed by atoms with van der Waals surface area (Å²) in [7, 11) is 0. The Bertz CT molecular complexity index is 675. The van der Waals surface area contributed by atoms with Crippen molar-refractivity contribution in [1.29, 1.82) is 0 Å². The maximum absolute atomic E-state index is 12.0. The van der Waals surface area contributed by atoms with Crippen LogP contribution >= 0.6 is 11.6 Å². The van der Waals surface area contributed by atoms with Crippen LogP contribution in [0.5, 0.6) is 11.5 Å². The van der Waals surface area contributed by atoms with Gasteiger partial charge in [-0.15, -0.1) is 0 Å². The van der Waals surface area contributed by atoms with E-state index in [2.05, 4.69) is 12.2 Å². The molecule has 0 bridgehead atoms. The van der Waals surface area contributed by atoms with Gasteiger partial charge >= 0.3 is 0 Å². The molecule has 0 heterocycles. The molecule has 0 aliphatic heterocycles. The van der Waals surface area contributed by atoms with E-state index in [1.54, 1.807) is 24.3 Å². The maximum Gasteiger partial charge on any atom is 0.262 e. The van der Waals surface area contributed by atoms with Crippen LogP contribution in [0.3, 0.4) is 0 Å². The molecule has 2 aromatic rings. The number of carbonyl (C=O) groups is 1. The first-order valence-electron chi connectivity index (χ1n) is 8.59. The van der Waals surface area contributed by atoms with Crippen molar-refractivity contribution >= 4 is 23.2 Å². The van der Waals surface area contributed by atoms with Gasteiger partial charge in [0.2, 0.25) is 0 Å². The Labute approximate surface area is 154 Å². The van der Waals surface area contributed by atoms with Gasteiger partial charge in [0, 0.05) is 6.07 Å². The second-order valence-electron chi connectivity index (χ2n) is 5.70. The summed E-state index contributed by atoms with van der Waals surface area (Å²) < 4.78 is 11.2. The first-order chi connectivity index (χ1) is 12.2. The second-order valence-corrected chi connectivity index (χ2v) is 6.11. The zero-order valence-electron chi connectivity index (χ0n) is 14.5. The molecule has 0 saturated heterocycles. The molecule has 0 atom stereocenters. The number of amides is 1. The molecular weight excluding hydrogens is 338 g/mol. The molecule has 25 heavy (non-hydrogen) atoms. The fraction of sp³-hybridized carbons (Fsp3) is 0.350. The Hall–Kier alpha value is -2.20. The van der Waals surface area contributed by atoms with Gasteiger partial charge in [-0.3, -0.25) is 4.79 Å². The van der Waals surface area contributed by atoms with E-state index >= 15 is 0 Å². The van der Waals surface area contributed by atoms with Gasteiger partial charge in [0.05, 0.1) is 17.3 Å². The smallest absolute Gasteiger partial charge is 0.262 e. The zero-order valence-corrected chi connectivity index (χ0v) is 15.2. The van der Waals surface area contributed by atoms with Crippen LogP contribution in [0.1, 0.15) is 32.6 Å². The molecule has 0 saturated carbocycles. The predicted octanol–water partition coefficient (Wildman–Crippen LogP) is 5.32. The van der Waals surface area contributed by atoms with Crippen LogP contribution in [0.15, 0.2) is 48.5 Å². The minimum atomic E-state index is -0.265. The summed E-state index contributed by atoms with van der Waals surface area (Å²) in [5.74, 6) is 1.08. The van der Waals surface area contributed by atoms with E-state index in [9.17, 15) is 4.79 Å². The first kappa shape index (κ1) is 19.1.